The molecule has 2 unspecified atom stereocenters. The molecule has 4 heteroatoms. The lowest BCUT2D eigenvalue weighted by atomic mass is 9.84. The van der Waals surface area contributed by atoms with E-state index in [9.17, 15) is 4.79 Å². The summed E-state index contributed by atoms with van der Waals surface area (Å²) >= 11 is 0. The van der Waals surface area contributed by atoms with Crippen molar-refractivity contribution in [1.29, 1.82) is 0 Å². The lowest BCUT2D eigenvalue weighted by molar-refractivity contribution is -0.149. The van der Waals surface area contributed by atoms with Crippen molar-refractivity contribution in [3.05, 3.63) is 0 Å². The van der Waals surface area contributed by atoms with Crippen LogP contribution in [0.4, 0.5) is 0 Å². The van der Waals surface area contributed by atoms with Crippen molar-refractivity contribution in [1.82, 2.24) is 0 Å². The maximum Gasteiger partial charge on any atom is 0.312 e. The Morgan fingerprint density at radius 1 is 1.54 bits per heavy atom. The highest BCUT2D eigenvalue weighted by Crippen LogP contribution is 2.18. The Morgan fingerprint density at radius 3 is 2.38 bits per heavy atom. The van der Waals surface area contributed by atoms with Crippen LogP contribution in [0.2, 0.25) is 0 Å². The van der Waals surface area contributed by atoms with E-state index in [4.69, 9.17) is 16.2 Å². The Balaban J connectivity index is 4.40. The molecule has 0 aliphatic heterocycles. The first-order valence-corrected chi connectivity index (χ1v) is 4.65. The normalized spacial score (nSPS) is 17.6. The maximum atomic E-state index is 11.4. The molecule has 0 amide bonds. The summed E-state index contributed by atoms with van der Waals surface area (Å²) in [7, 11) is 0. The zero-order valence-corrected chi connectivity index (χ0v) is 8.67. The summed E-state index contributed by atoms with van der Waals surface area (Å²) in [5.74, 6) is -0.700. The molecule has 0 heterocycles. The van der Waals surface area contributed by atoms with E-state index in [-0.39, 0.29) is 12.5 Å². The molecule has 0 bridgehead atoms. The minimum Gasteiger partial charge on any atom is -0.466 e. The number of carbonyl (C=O) groups excluding carboxylic acids is 1. The third-order valence-electron chi connectivity index (χ3n) is 2.36. The van der Waals surface area contributed by atoms with Gasteiger partial charge in [-0.05, 0) is 20.3 Å². The average Bonchev–Trinajstić information content (AvgIpc) is 2.05. The molecule has 0 rings (SSSR count). The Bertz CT molecular complexity index is 169. The predicted molar refractivity (Wildman–Crippen MR) is 52.1 cm³/mol. The fourth-order valence-corrected chi connectivity index (χ4v) is 1.12. The van der Waals surface area contributed by atoms with Gasteiger partial charge in [0.1, 0.15) is 0 Å². The summed E-state index contributed by atoms with van der Waals surface area (Å²) in [6.45, 7) is 6.13. The lowest BCUT2D eigenvalue weighted by Crippen LogP contribution is -2.51. The molecule has 0 aromatic carbocycles. The van der Waals surface area contributed by atoms with Crippen LogP contribution in [0.5, 0.6) is 0 Å². The molecule has 0 spiro atoms. The van der Waals surface area contributed by atoms with Gasteiger partial charge in [0.2, 0.25) is 0 Å². The molecule has 2 atom stereocenters. The molecule has 0 aliphatic rings. The van der Waals surface area contributed by atoms with Crippen molar-refractivity contribution < 1.29 is 9.53 Å². The highest BCUT2D eigenvalue weighted by Gasteiger charge is 2.34. The third kappa shape index (κ3) is 3.32. The highest BCUT2D eigenvalue weighted by atomic mass is 16.5. The quantitative estimate of drug-likeness (QED) is 0.606. The zero-order chi connectivity index (χ0) is 10.5. The summed E-state index contributed by atoms with van der Waals surface area (Å²) in [5, 5.41) is 0. The first-order chi connectivity index (χ1) is 5.99. The molecule has 0 aromatic heterocycles. The molecule has 0 saturated carbocycles. The van der Waals surface area contributed by atoms with Crippen molar-refractivity contribution in [3.8, 4) is 0 Å². The Morgan fingerprint density at radius 2 is 2.08 bits per heavy atom. The van der Waals surface area contributed by atoms with Crippen LogP contribution in [-0.4, -0.2) is 24.7 Å². The molecule has 0 saturated heterocycles. The second-order valence-corrected chi connectivity index (χ2v) is 3.40. The van der Waals surface area contributed by atoms with Gasteiger partial charge in [-0.1, -0.05) is 6.92 Å². The van der Waals surface area contributed by atoms with E-state index >= 15 is 0 Å². The summed E-state index contributed by atoms with van der Waals surface area (Å²) in [6, 6.07) is 0. The van der Waals surface area contributed by atoms with E-state index in [1.54, 1.807) is 6.92 Å². The smallest absolute Gasteiger partial charge is 0.312 e. The largest absolute Gasteiger partial charge is 0.466 e. The van der Waals surface area contributed by atoms with Crippen molar-refractivity contribution in [3.63, 3.8) is 0 Å². The third-order valence-corrected chi connectivity index (χ3v) is 2.36. The number of hydrogen-bond donors (Lipinski definition) is 2. The number of carbonyl (C=O) groups is 1. The lowest BCUT2D eigenvalue weighted by Gasteiger charge is -2.30. The molecular formula is C9H20N2O2. The van der Waals surface area contributed by atoms with E-state index in [0.717, 1.165) is 0 Å². The van der Waals surface area contributed by atoms with E-state index in [1.807, 2.05) is 13.8 Å². The Kier molecular flexibility index (Phi) is 4.95. The maximum absolute atomic E-state index is 11.4. The van der Waals surface area contributed by atoms with Crippen LogP contribution in [0, 0.1) is 5.92 Å². The van der Waals surface area contributed by atoms with E-state index in [1.165, 1.54) is 0 Å². The molecular weight excluding hydrogens is 168 g/mol. The van der Waals surface area contributed by atoms with E-state index in [0.29, 0.717) is 13.0 Å². The van der Waals surface area contributed by atoms with E-state index < -0.39 is 11.5 Å². The first-order valence-electron chi connectivity index (χ1n) is 4.65. The van der Waals surface area contributed by atoms with Crippen molar-refractivity contribution in [2.24, 2.45) is 17.4 Å². The minimum atomic E-state index is -0.568. The van der Waals surface area contributed by atoms with Crippen LogP contribution in [-0.2, 0) is 9.53 Å². The van der Waals surface area contributed by atoms with Crippen molar-refractivity contribution in [2.45, 2.75) is 32.7 Å². The molecule has 0 aliphatic carbocycles. The summed E-state index contributed by atoms with van der Waals surface area (Å²) in [4.78, 5) is 11.4. The first kappa shape index (κ1) is 12.4. The van der Waals surface area contributed by atoms with Gasteiger partial charge in [0.25, 0.3) is 0 Å². The van der Waals surface area contributed by atoms with Gasteiger partial charge in [0, 0.05) is 12.1 Å². The standard InChI is InChI=1S/C9H20N2O2/c1-4-9(3,11)7(6-10)8(12)13-5-2/h7H,4-6,10-11H2,1-3H3. The topological polar surface area (TPSA) is 78.3 Å². The van der Waals surface area contributed by atoms with Gasteiger partial charge < -0.3 is 16.2 Å². The predicted octanol–water partition coefficient (Wildman–Crippen LogP) is 0.252. The molecule has 78 valence electrons. The van der Waals surface area contributed by atoms with Crippen LogP contribution in [0.1, 0.15) is 27.2 Å². The van der Waals surface area contributed by atoms with Crippen LogP contribution in [0.25, 0.3) is 0 Å². The number of rotatable bonds is 5. The fraction of sp³-hybridized carbons (Fsp3) is 0.889. The van der Waals surface area contributed by atoms with Gasteiger partial charge in [-0.2, -0.15) is 0 Å². The van der Waals surface area contributed by atoms with Gasteiger partial charge in [-0.15, -0.1) is 0 Å². The van der Waals surface area contributed by atoms with Gasteiger partial charge >= 0.3 is 5.97 Å². The van der Waals surface area contributed by atoms with Crippen LogP contribution in [0.15, 0.2) is 0 Å². The van der Waals surface area contributed by atoms with Crippen molar-refractivity contribution >= 4 is 5.97 Å². The molecule has 0 fully saturated rings. The highest BCUT2D eigenvalue weighted by molar-refractivity contribution is 5.74. The molecule has 4 N–H and O–H groups in total. The fourth-order valence-electron chi connectivity index (χ4n) is 1.12. The summed E-state index contributed by atoms with van der Waals surface area (Å²) in [5.41, 5.74) is 10.8. The van der Waals surface area contributed by atoms with Gasteiger partial charge in [0.15, 0.2) is 0 Å². The Labute approximate surface area is 79.6 Å². The number of esters is 1. The molecule has 0 aromatic rings. The SMILES string of the molecule is CCOC(=O)C(CN)C(C)(N)CC. The van der Waals surface area contributed by atoms with Crippen LogP contribution in [0.3, 0.4) is 0 Å². The van der Waals surface area contributed by atoms with Crippen molar-refractivity contribution in [2.75, 3.05) is 13.2 Å². The number of ether oxygens (including phenoxy) is 1. The summed E-state index contributed by atoms with van der Waals surface area (Å²) in [6.07, 6.45) is 0.702. The average molecular weight is 188 g/mol. The number of nitrogens with two attached hydrogens (primary N) is 2. The minimum absolute atomic E-state index is 0.236. The zero-order valence-electron chi connectivity index (χ0n) is 8.67. The second-order valence-electron chi connectivity index (χ2n) is 3.40. The molecule has 13 heavy (non-hydrogen) atoms. The Hall–Kier alpha value is -0.610. The van der Waals surface area contributed by atoms with Gasteiger partial charge in [-0.3, -0.25) is 4.79 Å². The monoisotopic (exact) mass is 188 g/mol. The van der Waals surface area contributed by atoms with Gasteiger partial charge in [-0.25, -0.2) is 0 Å². The molecule has 4 nitrogen and oxygen atoms in total. The van der Waals surface area contributed by atoms with E-state index in [2.05, 4.69) is 0 Å². The number of hydrogen-bond acceptors (Lipinski definition) is 4. The van der Waals surface area contributed by atoms with Gasteiger partial charge in [0.05, 0.1) is 12.5 Å². The molecule has 0 radical (unpaired) electrons. The van der Waals surface area contributed by atoms with Crippen LogP contribution < -0.4 is 11.5 Å². The second kappa shape index (κ2) is 5.19. The van der Waals surface area contributed by atoms with Crippen LogP contribution >= 0.6 is 0 Å². The summed E-state index contributed by atoms with van der Waals surface area (Å²) < 4.78 is 4.88.